The number of methoxy groups -OCH3 is 1. The van der Waals surface area contributed by atoms with E-state index in [1.54, 1.807) is 7.11 Å². The summed E-state index contributed by atoms with van der Waals surface area (Å²) in [5, 5.41) is 7.05. The number of hydrogen-bond donors (Lipinski definition) is 2. The van der Waals surface area contributed by atoms with Crippen molar-refractivity contribution in [1.82, 2.24) is 15.5 Å². The van der Waals surface area contributed by atoms with E-state index >= 15 is 0 Å². The molecule has 5 heteroatoms. The van der Waals surface area contributed by atoms with Gasteiger partial charge in [-0.2, -0.15) is 0 Å². The molecule has 0 atom stereocenters. The van der Waals surface area contributed by atoms with Gasteiger partial charge in [0.1, 0.15) is 0 Å². The minimum Gasteiger partial charge on any atom is -0.385 e. The molecular formula is C24H40N4O. The number of nitrogens with one attached hydrogen (secondary N) is 2. The van der Waals surface area contributed by atoms with Gasteiger partial charge in [-0.15, -0.1) is 0 Å². The van der Waals surface area contributed by atoms with Crippen molar-refractivity contribution in [1.29, 1.82) is 0 Å². The zero-order valence-electron chi connectivity index (χ0n) is 18.5. The van der Waals surface area contributed by atoms with Crippen LogP contribution in [0.4, 0.5) is 0 Å². The van der Waals surface area contributed by atoms with Crippen LogP contribution < -0.4 is 10.6 Å². The van der Waals surface area contributed by atoms with Crippen LogP contribution in [0.2, 0.25) is 0 Å². The summed E-state index contributed by atoms with van der Waals surface area (Å²) >= 11 is 0. The number of hydrogen-bond acceptors (Lipinski definition) is 3. The summed E-state index contributed by atoms with van der Waals surface area (Å²) in [5.74, 6) is 0.895. The van der Waals surface area contributed by atoms with Crippen LogP contribution in [-0.4, -0.2) is 51.3 Å². The van der Waals surface area contributed by atoms with Gasteiger partial charge in [-0.05, 0) is 61.7 Å². The van der Waals surface area contributed by atoms with Crippen molar-refractivity contribution >= 4 is 5.96 Å². The molecule has 2 N–H and O–H groups in total. The number of guanidine groups is 1. The summed E-state index contributed by atoms with van der Waals surface area (Å²) in [6, 6.07) is 9.00. The first-order valence-electron chi connectivity index (χ1n) is 11.5. The molecule has 0 aromatic heterocycles. The molecule has 29 heavy (non-hydrogen) atoms. The Morgan fingerprint density at radius 2 is 1.83 bits per heavy atom. The second-order valence-corrected chi connectivity index (χ2v) is 8.89. The molecule has 0 spiro atoms. The number of aliphatic imine (C=N–C) groups is 1. The van der Waals surface area contributed by atoms with Gasteiger partial charge in [0.15, 0.2) is 5.96 Å². The second-order valence-electron chi connectivity index (χ2n) is 8.89. The van der Waals surface area contributed by atoms with Crippen molar-refractivity contribution in [3.8, 4) is 0 Å². The molecule has 162 valence electrons. The predicted molar refractivity (Wildman–Crippen MR) is 121 cm³/mol. The number of rotatable bonds is 9. The third-order valence-electron chi connectivity index (χ3n) is 6.66. The van der Waals surface area contributed by atoms with Crippen LogP contribution in [0.5, 0.6) is 0 Å². The Morgan fingerprint density at radius 1 is 1.07 bits per heavy atom. The third-order valence-corrected chi connectivity index (χ3v) is 6.66. The van der Waals surface area contributed by atoms with Gasteiger partial charge < -0.3 is 15.4 Å². The Bertz CT molecular complexity index is 634. The van der Waals surface area contributed by atoms with E-state index in [1.165, 1.54) is 69.2 Å². The van der Waals surface area contributed by atoms with Crippen molar-refractivity contribution in [2.45, 2.75) is 64.5 Å². The number of benzene rings is 1. The number of ether oxygens (including phenoxy) is 1. The zero-order valence-corrected chi connectivity index (χ0v) is 18.5. The first-order valence-corrected chi connectivity index (χ1v) is 11.5. The molecular weight excluding hydrogens is 360 g/mol. The lowest BCUT2D eigenvalue weighted by Crippen LogP contribution is -2.46. The van der Waals surface area contributed by atoms with E-state index in [-0.39, 0.29) is 0 Å². The molecule has 1 aliphatic heterocycles. The van der Waals surface area contributed by atoms with Gasteiger partial charge in [0.2, 0.25) is 0 Å². The predicted octanol–water partition coefficient (Wildman–Crippen LogP) is 3.93. The van der Waals surface area contributed by atoms with E-state index in [4.69, 9.17) is 4.74 Å². The van der Waals surface area contributed by atoms with Gasteiger partial charge in [-0.1, -0.05) is 43.5 Å². The van der Waals surface area contributed by atoms with Gasteiger partial charge >= 0.3 is 0 Å². The first kappa shape index (κ1) is 22.1. The van der Waals surface area contributed by atoms with E-state index < -0.39 is 0 Å². The maximum atomic E-state index is 5.31. The Balaban J connectivity index is 1.46. The molecule has 3 rings (SSSR count). The molecule has 1 aromatic carbocycles. The fourth-order valence-electron chi connectivity index (χ4n) is 4.58. The topological polar surface area (TPSA) is 48.9 Å². The maximum absolute atomic E-state index is 5.31. The lowest BCUT2D eigenvalue weighted by Gasteiger charge is -2.42. The minimum absolute atomic E-state index is 0.390. The van der Waals surface area contributed by atoms with Crippen molar-refractivity contribution in [3.05, 3.63) is 35.4 Å². The highest BCUT2D eigenvalue weighted by Crippen LogP contribution is 2.43. The van der Waals surface area contributed by atoms with Crippen LogP contribution in [0.15, 0.2) is 29.3 Å². The molecule has 1 aliphatic carbocycles. The van der Waals surface area contributed by atoms with Crippen LogP contribution in [0.25, 0.3) is 0 Å². The summed E-state index contributed by atoms with van der Waals surface area (Å²) in [6.07, 6.45) is 10.5. The fourth-order valence-corrected chi connectivity index (χ4v) is 4.58. The molecule has 1 saturated carbocycles. The third kappa shape index (κ3) is 7.00. The summed E-state index contributed by atoms with van der Waals surface area (Å²) in [7, 11) is 3.65. The van der Waals surface area contributed by atoms with Gasteiger partial charge in [0.25, 0.3) is 0 Å². The molecule has 5 nitrogen and oxygen atoms in total. The second kappa shape index (κ2) is 11.6. The monoisotopic (exact) mass is 400 g/mol. The smallest absolute Gasteiger partial charge is 0.191 e. The van der Waals surface area contributed by atoms with E-state index in [9.17, 15) is 0 Å². The summed E-state index contributed by atoms with van der Waals surface area (Å²) in [6.45, 7) is 6.18. The molecule has 1 aromatic rings. The lowest BCUT2D eigenvalue weighted by atomic mass is 9.67. The molecule has 1 heterocycles. The highest BCUT2D eigenvalue weighted by Gasteiger charge is 2.36. The van der Waals surface area contributed by atoms with Gasteiger partial charge in [0.05, 0.1) is 0 Å². The quantitative estimate of drug-likeness (QED) is 0.487. The van der Waals surface area contributed by atoms with Crippen molar-refractivity contribution < 1.29 is 4.74 Å². The van der Waals surface area contributed by atoms with E-state index in [0.717, 1.165) is 38.6 Å². The summed E-state index contributed by atoms with van der Waals surface area (Å²) in [5.41, 5.74) is 3.13. The largest absolute Gasteiger partial charge is 0.385 e. The van der Waals surface area contributed by atoms with Crippen LogP contribution >= 0.6 is 0 Å². The average molecular weight is 401 g/mol. The molecule has 2 fully saturated rings. The summed E-state index contributed by atoms with van der Waals surface area (Å²) < 4.78 is 5.31. The van der Waals surface area contributed by atoms with Crippen LogP contribution in [0.3, 0.4) is 0 Å². The fraction of sp³-hybridized carbons (Fsp3) is 0.708. The maximum Gasteiger partial charge on any atom is 0.191 e. The standard InChI is InChI=1S/C24H40N4O/c1-25-23(27-20-24(11-8-12-24)13-16-29-2)26-18-21-9-7-10-22(17-21)19-28-14-5-3-4-6-15-28/h7,9-10,17H,3-6,8,11-16,18-20H2,1-2H3,(H2,25,26,27). The normalized spacial score (nSPS) is 20.0. The first-order chi connectivity index (χ1) is 14.2. The average Bonchev–Trinajstić information content (AvgIpc) is 2.98. The lowest BCUT2D eigenvalue weighted by molar-refractivity contribution is 0.0732. The van der Waals surface area contributed by atoms with Gasteiger partial charge in [-0.3, -0.25) is 9.89 Å². The van der Waals surface area contributed by atoms with Crippen LogP contribution in [-0.2, 0) is 17.8 Å². The van der Waals surface area contributed by atoms with Crippen LogP contribution in [0, 0.1) is 5.41 Å². The number of likely N-dealkylation sites (tertiary alicyclic amines) is 1. The van der Waals surface area contributed by atoms with E-state index in [1.807, 2.05) is 7.05 Å². The molecule has 0 unspecified atom stereocenters. The molecule has 2 aliphatic rings. The SMILES string of the molecule is CN=C(NCc1cccc(CN2CCCCCC2)c1)NCC1(CCOC)CCC1. The molecule has 0 radical (unpaired) electrons. The molecule has 0 bridgehead atoms. The summed E-state index contributed by atoms with van der Waals surface area (Å²) in [4.78, 5) is 7.04. The van der Waals surface area contributed by atoms with E-state index in [2.05, 4.69) is 44.8 Å². The number of nitrogens with zero attached hydrogens (tertiary/aromatic N) is 2. The Hall–Kier alpha value is -1.59. The zero-order chi connectivity index (χ0) is 20.4. The van der Waals surface area contributed by atoms with Crippen molar-refractivity contribution in [2.75, 3.05) is 40.4 Å². The highest BCUT2D eigenvalue weighted by atomic mass is 16.5. The molecule has 1 saturated heterocycles. The Morgan fingerprint density at radius 3 is 2.48 bits per heavy atom. The van der Waals surface area contributed by atoms with Crippen molar-refractivity contribution in [3.63, 3.8) is 0 Å². The Kier molecular flexibility index (Phi) is 8.81. The highest BCUT2D eigenvalue weighted by molar-refractivity contribution is 5.79. The minimum atomic E-state index is 0.390. The van der Waals surface area contributed by atoms with Crippen LogP contribution in [0.1, 0.15) is 62.5 Å². The van der Waals surface area contributed by atoms with Crippen molar-refractivity contribution in [2.24, 2.45) is 10.4 Å². The van der Waals surface area contributed by atoms with Gasteiger partial charge in [-0.25, -0.2) is 0 Å². The van der Waals surface area contributed by atoms with Gasteiger partial charge in [0, 0.05) is 40.4 Å². The van der Waals surface area contributed by atoms with E-state index in [0.29, 0.717) is 5.41 Å². The Labute approximate surface area is 177 Å². The molecule has 0 amide bonds.